The number of hydrogen-bond acceptors (Lipinski definition) is 7. The lowest BCUT2D eigenvalue weighted by molar-refractivity contribution is -0.119. The second-order valence-electron chi connectivity index (χ2n) is 12.0. The summed E-state index contributed by atoms with van der Waals surface area (Å²) in [4.78, 5) is 30.1. The zero-order valence-corrected chi connectivity index (χ0v) is 26.2. The van der Waals surface area contributed by atoms with Crippen molar-refractivity contribution in [1.29, 1.82) is 5.41 Å². The van der Waals surface area contributed by atoms with E-state index in [-0.39, 0.29) is 42.0 Å². The molecule has 2 aliphatic heterocycles. The molecule has 0 saturated carbocycles. The number of benzene rings is 2. The molecular weight excluding hydrogens is 532 g/mol. The van der Waals surface area contributed by atoms with Gasteiger partial charge >= 0.3 is 0 Å². The number of hydrogen-bond donors (Lipinski definition) is 2. The minimum atomic E-state index is -0.243. The lowest BCUT2D eigenvalue weighted by atomic mass is 9.84. The molecule has 2 aromatic carbocycles. The molecular formula is C33H46N4O5. The molecule has 1 amide bonds. The number of ether oxygens (including phenoxy) is 3. The number of Topliss-reactive ketones (excluding diaryl/α,β-unsaturated/α-hetero) is 1. The van der Waals surface area contributed by atoms with Crippen LogP contribution in [0.5, 0.6) is 11.5 Å². The maximum absolute atomic E-state index is 13.9. The van der Waals surface area contributed by atoms with Gasteiger partial charge in [0.2, 0.25) is 5.91 Å². The normalized spacial score (nSPS) is 15.5. The Bertz CT molecular complexity index is 1320. The van der Waals surface area contributed by atoms with Crippen LogP contribution in [0.3, 0.4) is 0 Å². The molecule has 0 spiro atoms. The summed E-state index contributed by atoms with van der Waals surface area (Å²) in [6.07, 6.45) is 2.27. The number of likely N-dealkylation sites (N-methyl/N-ethyl adjacent to an activating group) is 1. The molecule has 0 atom stereocenters. The molecule has 0 unspecified atom stereocenters. The molecule has 0 radical (unpaired) electrons. The van der Waals surface area contributed by atoms with Gasteiger partial charge in [-0.3, -0.25) is 15.0 Å². The van der Waals surface area contributed by atoms with Crippen molar-refractivity contribution >= 4 is 23.2 Å². The highest BCUT2D eigenvalue weighted by molar-refractivity contribution is 6.06. The molecule has 1 fully saturated rings. The van der Waals surface area contributed by atoms with Crippen molar-refractivity contribution in [2.24, 2.45) is 0 Å². The number of carbonyl (C=O) groups is 2. The monoisotopic (exact) mass is 578 g/mol. The minimum absolute atomic E-state index is 0.0539. The van der Waals surface area contributed by atoms with Crippen molar-refractivity contribution in [1.82, 2.24) is 10.2 Å². The SMILES string of the molecule is CCOc1cc2c(cc1CC(=O)NC)C(=N)N(CC(=O)c1cc(N3CCC(OCC)CC3)c(OC)c(C(C)(C)C)c1)C2. The molecule has 2 aliphatic rings. The van der Waals surface area contributed by atoms with Crippen LogP contribution in [0.4, 0.5) is 5.69 Å². The molecule has 9 nitrogen and oxygen atoms in total. The smallest absolute Gasteiger partial charge is 0.224 e. The molecule has 42 heavy (non-hydrogen) atoms. The Morgan fingerprint density at radius 3 is 2.38 bits per heavy atom. The van der Waals surface area contributed by atoms with E-state index in [1.165, 1.54) is 0 Å². The van der Waals surface area contributed by atoms with E-state index in [1.54, 1.807) is 19.1 Å². The largest absolute Gasteiger partial charge is 0.494 e. The summed E-state index contributed by atoms with van der Waals surface area (Å²) in [5.41, 5.74) is 4.67. The fourth-order valence-electron chi connectivity index (χ4n) is 5.84. The van der Waals surface area contributed by atoms with E-state index in [1.807, 2.05) is 38.1 Å². The number of amidine groups is 1. The van der Waals surface area contributed by atoms with Gasteiger partial charge in [0.15, 0.2) is 5.78 Å². The summed E-state index contributed by atoms with van der Waals surface area (Å²) in [5.74, 6) is 1.55. The highest BCUT2D eigenvalue weighted by Crippen LogP contribution is 2.41. The predicted octanol–water partition coefficient (Wildman–Crippen LogP) is 4.71. The van der Waals surface area contributed by atoms with Gasteiger partial charge in [0.05, 0.1) is 38.5 Å². The molecule has 2 aromatic rings. The number of fused-ring (bicyclic) bond motifs is 1. The van der Waals surface area contributed by atoms with Gasteiger partial charge in [-0.15, -0.1) is 0 Å². The molecule has 1 saturated heterocycles. The van der Waals surface area contributed by atoms with E-state index in [4.69, 9.17) is 19.6 Å². The summed E-state index contributed by atoms with van der Waals surface area (Å²) < 4.78 is 17.7. The van der Waals surface area contributed by atoms with E-state index >= 15 is 0 Å². The van der Waals surface area contributed by atoms with E-state index in [9.17, 15) is 9.59 Å². The second kappa shape index (κ2) is 13.2. The number of carbonyl (C=O) groups excluding carboxylic acids is 2. The van der Waals surface area contributed by atoms with Crippen molar-refractivity contribution in [3.8, 4) is 11.5 Å². The van der Waals surface area contributed by atoms with Gasteiger partial charge in [0, 0.05) is 55.5 Å². The lowest BCUT2D eigenvalue weighted by Crippen LogP contribution is -2.37. The predicted molar refractivity (Wildman–Crippen MR) is 166 cm³/mol. The molecule has 228 valence electrons. The Hall–Kier alpha value is -3.59. The van der Waals surface area contributed by atoms with E-state index < -0.39 is 0 Å². The topological polar surface area (TPSA) is 104 Å². The number of nitrogens with zero attached hydrogens (tertiary/aromatic N) is 2. The van der Waals surface area contributed by atoms with Crippen LogP contribution in [0.1, 0.15) is 80.1 Å². The molecule has 2 N–H and O–H groups in total. The number of piperidine rings is 1. The van der Waals surface area contributed by atoms with E-state index in [2.05, 4.69) is 31.0 Å². The van der Waals surface area contributed by atoms with Gasteiger partial charge in [-0.05, 0) is 61.9 Å². The van der Waals surface area contributed by atoms with E-state index in [0.717, 1.165) is 59.6 Å². The van der Waals surface area contributed by atoms with Crippen LogP contribution in [0.25, 0.3) is 0 Å². The van der Waals surface area contributed by atoms with Crippen LogP contribution in [-0.2, 0) is 27.9 Å². The number of nitrogens with one attached hydrogen (secondary N) is 2. The summed E-state index contributed by atoms with van der Waals surface area (Å²) >= 11 is 0. The zero-order valence-electron chi connectivity index (χ0n) is 26.2. The molecule has 0 aliphatic carbocycles. The zero-order chi connectivity index (χ0) is 30.6. The fourth-order valence-corrected chi connectivity index (χ4v) is 5.84. The first-order valence-electron chi connectivity index (χ1n) is 15.0. The number of rotatable bonds is 11. The highest BCUT2D eigenvalue weighted by Gasteiger charge is 2.31. The maximum atomic E-state index is 13.9. The van der Waals surface area contributed by atoms with Gasteiger partial charge in [-0.25, -0.2) is 0 Å². The van der Waals surface area contributed by atoms with E-state index in [0.29, 0.717) is 31.1 Å². The molecule has 0 bridgehead atoms. The number of ketones is 1. The fraction of sp³-hybridized carbons (Fsp3) is 0.545. The van der Waals surface area contributed by atoms with Gasteiger partial charge in [-0.1, -0.05) is 20.8 Å². The van der Waals surface area contributed by atoms with Crippen LogP contribution < -0.4 is 19.7 Å². The molecule has 9 heteroatoms. The number of methoxy groups -OCH3 is 1. The van der Waals surface area contributed by atoms with Crippen LogP contribution >= 0.6 is 0 Å². The van der Waals surface area contributed by atoms with Gasteiger partial charge in [0.25, 0.3) is 0 Å². The van der Waals surface area contributed by atoms with Gasteiger partial charge < -0.3 is 29.3 Å². The van der Waals surface area contributed by atoms with Crippen molar-refractivity contribution in [2.45, 2.75) is 71.9 Å². The summed E-state index contributed by atoms with van der Waals surface area (Å²) in [6, 6.07) is 7.68. The standard InChI is InChI=1S/C33H46N4O5/c1-8-41-24-10-12-36(13-11-24)27-16-21(15-26(31(27)40-7)33(3,4)5)28(38)20-37-19-23-17-29(42-9-2)22(18-30(39)35-6)14-25(23)32(37)34/h14-17,24,34H,8-13,18-20H2,1-7H3,(H,35,39). The van der Waals surface area contributed by atoms with Crippen molar-refractivity contribution < 1.29 is 23.8 Å². The van der Waals surface area contributed by atoms with Crippen LogP contribution in [0, 0.1) is 5.41 Å². The second-order valence-corrected chi connectivity index (χ2v) is 12.0. The summed E-state index contributed by atoms with van der Waals surface area (Å²) in [5, 5.41) is 11.5. The Kier molecular flexibility index (Phi) is 9.82. The maximum Gasteiger partial charge on any atom is 0.224 e. The Labute approximate surface area is 250 Å². The first kappa shape index (κ1) is 31.3. The molecule has 0 aromatic heterocycles. The van der Waals surface area contributed by atoms with Gasteiger partial charge in [0.1, 0.15) is 17.3 Å². The number of amides is 1. The lowest BCUT2D eigenvalue weighted by Gasteiger charge is -2.36. The minimum Gasteiger partial charge on any atom is -0.494 e. The van der Waals surface area contributed by atoms with Gasteiger partial charge in [-0.2, -0.15) is 0 Å². The first-order valence-corrected chi connectivity index (χ1v) is 15.0. The van der Waals surface area contributed by atoms with Crippen molar-refractivity contribution in [2.75, 3.05) is 51.9 Å². The Balaban J connectivity index is 1.61. The highest BCUT2D eigenvalue weighted by atomic mass is 16.5. The Morgan fingerprint density at radius 1 is 1.07 bits per heavy atom. The third kappa shape index (κ3) is 6.72. The third-order valence-corrected chi connectivity index (χ3v) is 8.07. The summed E-state index contributed by atoms with van der Waals surface area (Å²) in [6.45, 7) is 13.7. The van der Waals surface area contributed by atoms with Crippen molar-refractivity contribution in [3.63, 3.8) is 0 Å². The molecule has 4 rings (SSSR count). The third-order valence-electron chi connectivity index (χ3n) is 8.07. The first-order chi connectivity index (χ1) is 20.0. The molecule has 2 heterocycles. The summed E-state index contributed by atoms with van der Waals surface area (Å²) in [7, 11) is 3.30. The van der Waals surface area contributed by atoms with Crippen LogP contribution in [0.2, 0.25) is 0 Å². The average Bonchev–Trinajstić information content (AvgIpc) is 3.26. The van der Waals surface area contributed by atoms with Crippen LogP contribution in [-0.4, -0.2) is 75.5 Å². The quantitative estimate of drug-likeness (QED) is 0.372. The number of anilines is 1. The average molecular weight is 579 g/mol. The Morgan fingerprint density at radius 2 is 1.79 bits per heavy atom. The van der Waals surface area contributed by atoms with Crippen molar-refractivity contribution in [3.05, 3.63) is 52.1 Å². The van der Waals surface area contributed by atoms with Crippen LogP contribution in [0.15, 0.2) is 24.3 Å².